The summed E-state index contributed by atoms with van der Waals surface area (Å²) in [6.07, 6.45) is 0.477. The minimum Gasteiger partial charge on any atom is -0.465 e. The van der Waals surface area contributed by atoms with E-state index in [1.54, 1.807) is 6.92 Å². The van der Waals surface area contributed by atoms with Crippen LogP contribution in [0.4, 0.5) is 0 Å². The Morgan fingerprint density at radius 2 is 1.80 bits per heavy atom. The van der Waals surface area contributed by atoms with E-state index >= 15 is 0 Å². The molecule has 0 saturated heterocycles. The molecule has 0 saturated carbocycles. The van der Waals surface area contributed by atoms with Crippen molar-refractivity contribution in [1.29, 1.82) is 0 Å². The topological polar surface area (TPSA) is 70.8 Å². The van der Waals surface area contributed by atoms with Gasteiger partial charge in [0.15, 0.2) is 0 Å². The van der Waals surface area contributed by atoms with Gasteiger partial charge in [0, 0.05) is 13.2 Å². The molecule has 0 fully saturated rings. The van der Waals surface area contributed by atoms with Gasteiger partial charge in [0.1, 0.15) is 6.04 Å². The number of carbonyl (C=O) groups is 1. The van der Waals surface area contributed by atoms with Crippen LogP contribution in [0, 0.1) is 0 Å². The van der Waals surface area contributed by atoms with Crippen LogP contribution in [0.2, 0.25) is 0 Å². The van der Waals surface area contributed by atoms with Gasteiger partial charge in [-0.25, -0.2) is 0 Å². The maximum atomic E-state index is 11.1. The second-order valence-electron chi connectivity index (χ2n) is 2.96. The van der Waals surface area contributed by atoms with Crippen molar-refractivity contribution in [2.24, 2.45) is 5.73 Å². The Morgan fingerprint density at radius 3 is 2.40 bits per heavy atom. The number of carbonyl (C=O) groups excluding carboxylic acids is 1. The maximum absolute atomic E-state index is 11.1. The van der Waals surface area contributed by atoms with E-state index in [0.717, 1.165) is 0 Å². The smallest absolute Gasteiger partial charge is 0.322 e. The van der Waals surface area contributed by atoms with Gasteiger partial charge in [-0.05, 0) is 20.3 Å². The van der Waals surface area contributed by atoms with Crippen LogP contribution in [-0.4, -0.2) is 45.0 Å². The third-order valence-electron chi connectivity index (χ3n) is 1.74. The largest absolute Gasteiger partial charge is 0.465 e. The van der Waals surface area contributed by atoms with Gasteiger partial charge in [-0.3, -0.25) is 4.79 Å². The molecule has 0 radical (unpaired) electrons. The molecule has 0 aliphatic carbocycles. The summed E-state index contributed by atoms with van der Waals surface area (Å²) in [6.45, 7) is 6.28. The van der Waals surface area contributed by atoms with Crippen LogP contribution in [0.1, 0.15) is 20.3 Å². The van der Waals surface area contributed by atoms with E-state index in [-0.39, 0.29) is 5.97 Å². The fraction of sp³-hybridized carbons (Fsp3) is 0.900. The van der Waals surface area contributed by atoms with Crippen molar-refractivity contribution in [3.8, 4) is 0 Å². The Hall–Kier alpha value is -0.650. The number of esters is 1. The van der Waals surface area contributed by atoms with Gasteiger partial charge in [-0.1, -0.05) is 0 Å². The lowest BCUT2D eigenvalue weighted by Crippen LogP contribution is -2.33. The molecule has 0 aliphatic heterocycles. The van der Waals surface area contributed by atoms with Crippen molar-refractivity contribution in [3.05, 3.63) is 0 Å². The van der Waals surface area contributed by atoms with Crippen molar-refractivity contribution in [1.82, 2.24) is 0 Å². The zero-order chi connectivity index (χ0) is 11.5. The normalized spacial score (nSPS) is 12.5. The number of ether oxygens (including phenoxy) is 3. The average Bonchev–Trinajstić information content (AvgIpc) is 2.23. The summed E-state index contributed by atoms with van der Waals surface area (Å²) in [5.41, 5.74) is 5.56. The molecule has 1 atom stereocenters. The number of hydrogen-bond donors (Lipinski definition) is 1. The fourth-order valence-corrected chi connectivity index (χ4v) is 0.942. The molecule has 0 aliphatic rings. The Morgan fingerprint density at radius 1 is 1.13 bits per heavy atom. The first kappa shape index (κ1) is 14.3. The first-order valence-corrected chi connectivity index (χ1v) is 5.30. The zero-order valence-corrected chi connectivity index (χ0v) is 9.53. The van der Waals surface area contributed by atoms with Crippen LogP contribution in [-0.2, 0) is 19.0 Å². The van der Waals surface area contributed by atoms with Gasteiger partial charge in [-0.2, -0.15) is 0 Å². The predicted molar refractivity (Wildman–Crippen MR) is 56.5 cm³/mol. The summed E-state index contributed by atoms with van der Waals surface area (Å²) in [5.74, 6) is -0.370. The lowest BCUT2D eigenvalue weighted by Gasteiger charge is -2.10. The highest BCUT2D eigenvalue weighted by atomic mass is 16.5. The highest BCUT2D eigenvalue weighted by molar-refractivity contribution is 5.75. The molecule has 0 aromatic rings. The number of nitrogens with two attached hydrogens (primary N) is 1. The quantitative estimate of drug-likeness (QED) is 0.446. The van der Waals surface area contributed by atoms with E-state index in [2.05, 4.69) is 0 Å². The predicted octanol–water partition coefficient (Wildman–Crippen LogP) is 0.320. The summed E-state index contributed by atoms with van der Waals surface area (Å²) in [6, 6.07) is -0.586. The van der Waals surface area contributed by atoms with Gasteiger partial charge < -0.3 is 19.9 Å². The van der Waals surface area contributed by atoms with E-state index in [1.165, 1.54) is 0 Å². The van der Waals surface area contributed by atoms with Crippen LogP contribution < -0.4 is 5.73 Å². The first-order valence-electron chi connectivity index (χ1n) is 5.30. The van der Waals surface area contributed by atoms with E-state index in [1.807, 2.05) is 6.92 Å². The van der Waals surface area contributed by atoms with E-state index in [0.29, 0.717) is 39.5 Å². The molecule has 5 heteroatoms. The monoisotopic (exact) mass is 219 g/mol. The average molecular weight is 219 g/mol. The van der Waals surface area contributed by atoms with Gasteiger partial charge >= 0.3 is 5.97 Å². The van der Waals surface area contributed by atoms with E-state index in [4.69, 9.17) is 19.9 Å². The molecule has 1 unspecified atom stereocenters. The first-order chi connectivity index (χ1) is 7.22. The van der Waals surface area contributed by atoms with Crippen LogP contribution >= 0.6 is 0 Å². The molecule has 15 heavy (non-hydrogen) atoms. The minimum absolute atomic E-state index is 0.359. The molecule has 0 bridgehead atoms. The highest BCUT2D eigenvalue weighted by Gasteiger charge is 2.13. The Balaban J connectivity index is 3.30. The van der Waals surface area contributed by atoms with Crippen molar-refractivity contribution >= 4 is 5.97 Å². The highest BCUT2D eigenvalue weighted by Crippen LogP contribution is 1.93. The summed E-state index contributed by atoms with van der Waals surface area (Å²) in [7, 11) is 0. The number of hydrogen-bond acceptors (Lipinski definition) is 5. The van der Waals surface area contributed by atoms with Gasteiger partial charge in [0.2, 0.25) is 0 Å². The van der Waals surface area contributed by atoms with Crippen molar-refractivity contribution in [3.63, 3.8) is 0 Å². The van der Waals surface area contributed by atoms with E-state index < -0.39 is 6.04 Å². The zero-order valence-electron chi connectivity index (χ0n) is 9.53. The third-order valence-corrected chi connectivity index (χ3v) is 1.74. The Labute approximate surface area is 90.9 Å². The van der Waals surface area contributed by atoms with Crippen LogP contribution in [0.25, 0.3) is 0 Å². The molecule has 0 rings (SSSR count). The Kier molecular flexibility index (Phi) is 9.46. The standard InChI is InChI=1S/C10H21NO4/c1-3-13-7-8-14-6-5-9(11)10(12)15-4-2/h9H,3-8,11H2,1-2H3. The van der Waals surface area contributed by atoms with Crippen LogP contribution in [0.15, 0.2) is 0 Å². The Bertz CT molecular complexity index is 164. The van der Waals surface area contributed by atoms with Gasteiger partial charge in [0.25, 0.3) is 0 Å². The molecule has 2 N–H and O–H groups in total. The SMILES string of the molecule is CCOCCOCCC(N)C(=O)OCC. The summed E-state index contributed by atoms with van der Waals surface area (Å²) in [5, 5.41) is 0. The molecule has 90 valence electrons. The molecular weight excluding hydrogens is 198 g/mol. The molecule has 0 aromatic heterocycles. The van der Waals surface area contributed by atoms with Gasteiger partial charge in [0.05, 0.1) is 19.8 Å². The second kappa shape index (κ2) is 9.89. The lowest BCUT2D eigenvalue weighted by atomic mass is 10.2. The molecule has 5 nitrogen and oxygen atoms in total. The molecule has 0 aromatic carbocycles. The molecule has 0 amide bonds. The maximum Gasteiger partial charge on any atom is 0.322 e. The third kappa shape index (κ3) is 8.35. The number of rotatable bonds is 9. The van der Waals surface area contributed by atoms with Gasteiger partial charge in [-0.15, -0.1) is 0 Å². The summed E-state index contributed by atoms with van der Waals surface area (Å²) in [4.78, 5) is 11.1. The van der Waals surface area contributed by atoms with Crippen LogP contribution in [0.5, 0.6) is 0 Å². The van der Waals surface area contributed by atoms with Crippen molar-refractivity contribution in [2.75, 3.05) is 33.0 Å². The van der Waals surface area contributed by atoms with Crippen LogP contribution in [0.3, 0.4) is 0 Å². The van der Waals surface area contributed by atoms with Crippen molar-refractivity contribution in [2.45, 2.75) is 26.3 Å². The molecular formula is C10H21NO4. The second-order valence-corrected chi connectivity index (χ2v) is 2.96. The molecule has 0 spiro atoms. The van der Waals surface area contributed by atoms with Crippen molar-refractivity contribution < 1.29 is 19.0 Å². The van der Waals surface area contributed by atoms with E-state index in [9.17, 15) is 4.79 Å². The lowest BCUT2D eigenvalue weighted by molar-refractivity contribution is -0.145. The summed E-state index contributed by atoms with van der Waals surface area (Å²) < 4.78 is 15.1. The fourth-order valence-electron chi connectivity index (χ4n) is 0.942. The summed E-state index contributed by atoms with van der Waals surface area (Å²) >= 11 is 0. The molecule has 0 heterocycles. The minimum atomic E-state index is -0.586.